The van der Waals surface area contributed by atoms with E-state index in [9.17, 15) is 4.79 Å². The smallest absolute Gasteiger partial charge is 0.340 e. The Kier molecular flexibility index (Phi) is 3.30. The SMILES string of the molecule is COC(=O)c1cnc2ccc(I)cc2c1Cl. The standard InChI is InChI=1S/C11H7ClINO2/c1-16-11(15)8-5-14-9-3-2-6(13)4-7(9)10(8)12/h2-5H,1H3. The first-order valence-electron chi connectivity index (χ1n) is 4.45. The molecule has 1 aromatic heterocycles. The molecule has 1 heterocycles. The monoisotopic (exact) mass is 347 g/mol. The number of rotatable bonds is 1. The van der Waals surface area contributed by atoms with Gasteiger partial charge in [-0.2, -0.15) is 0 Å². The van der Waals surface area contributed by atoms with Gasteiger partial charge >= 0.3 is 5.97 Å². The van der Waals surface area contributed by atoms with Crippen LogP contribution in [-0.2, 0) is 4.74 Å². The normalized spacial score (nSPS) is 10.4. The molecule has 0 aliphatic rings. The third kappa shape index (κ3) is 1.99. The molecule has 0 aliphatic carbocycles. The highest BCUT2D eigenvalue weighted by atomic mass is 127. The number of hydrogen-bond donors (Lipinski definition) is 0. The Labute approximate surface area is 111 Å². The molecule has 0 N–H and O–H groups in total. The number of nitrogens with zero attached hydrogens (tertiary/aromatic N) is 1. The van der Waals surface area contributed by atoms with Crippen LogP contribution in [0.3, 0.4) is 0 Å². The predicted molar refractivity (Wildman–Crippen MR) is 70.8 cm³/mol. The molecule has 1 aromatic carbocycles. The van der Waals surface area contributed by atoms with Crippen LogP contribution >= 0.6 is 34.2 Å². The molecule has 0 spiro atoms. The summed E-state index contributed by atoms with van der Waals surface area (Å²) in [6.45, 7) is 0. The lowest BCUT2D eigenvalue weighted by Gasteiger charge is -2.05. The summed E-state index contributed by atoms with van der Waals surface area (Å²) >= 11 is 8.32. The average Bonchev–Trinajstić information content (AvgIpc) is 2.29. The van der Waals surface area contributed by atoms with E-state index < -0.39 is 5.97 Å². The largest absolute Gasteiger partial charge is 0.465 e. The van der Waals surface area contributed by atoms with E-state index in [4.69, 9.17) is 11.6 Å². The van der Waals surface area contributed by atoms with E-state index in [0.717, 1.165) is 14.5 Å². The number of benzene rings is 1. The van der Waals surface area contributed by atoms with Crippen LogP contribution in [0.5, 0.6) is 0 Å². The van der Waals surface area contributed by atoms with Crippen LogP contribution < -0.4 is 0 Å². The second kappa shape index (κ2) is 4.55. The molecule has 2 rings (SSSR count). The number of esters is 1. The molecule has 0 fully saturated rings. The van der Waals surface area contributed by atoms with Gasteiger partial charge in [-0.05, 0) is 40.8 Å². The van der Waals surface area contributed by atoms with E-state index in [0.29, 0.717) is 10.6 Å². The molecule has 16 heavy (non-hydrogen) atoms. The fraction of sp³-hybridized carbons (Fsp3) is 0.0909. The Bertz CT molecular complexity index is 571. The summed E-state index contributed by atoms with van der Waals surface area (Å²) in [5.41, 5.74) is 1.05. The van der Waals surface area contributed by atoms with Crippen LogP contribution in [0, 0.1) is 3.57 Å². The highest BCUT2D eigenvalue weighted by Gasteiger charge is 2.14. The molecule has 0 amide bonds. The molecular weight excluding hydrogens is 340 g/mol. The van der Waals surface area contributed by atoms with E-state index >= 15 is 0 Å². The molecule has 5 heteroatoms. The number of ether oxygens (including phenoxy) is 1. The molecule has 0 atom stereocenters. The Morgan fingerprint density at radius 3 is 2.94 bits per heavy atom. The minimum atomic E-state index is -0.474. The van der Waals surface area contributed by atoms with Crippen LogP contribution in [0.4, 0.5) is 0 Å². The van der Waals surface area contributed by atoms with Gasteiger partial charge in [0.15, 0.2) is 0 Å². The summed E-state index contributed by atoms with van der Waals surface area (Å²) in [4.78, 5) is 15.6. The molecule has 0 radical (unpaired) electrons. The summed E-state index contributed by atoms with van der Waals surface area (Å²) in [5, 5.41) is 1.15. The van der Waals surface area contributed by atoms with Crippen molar-refractivity contribution < 1.29 is 9.53 Å². The number of halogens is 2. The van der Waals surface area contributed by atoms with E-state index in [-0.39, 0.29) is 0 Å². The van der Waals surface area contributed by atoms with Gasteiger partial charge in [-0.25, -0.2) is 4.79 Å². The van der Waals surface area contributed by atoms with Crippen LogP contribution in [0.15, 0.2) is 24.4 Å². The van der Waals surface area contributed by atoms with Gasteiger partial charge in [0.2, 0.25) is 0 Å². The number of carbonyl (C=O) groups excluding carboxylic acids is 1. The summed E-state index contributed by atoms with van der Waals surface area (Å²) in [6.07, 6.45) is 1.43. The quantitative estimate of drug-likeness (QED) is 0.587. The molecule has 0 unspecified atom stereocenters. The van der Waals surface area contributed by atoms with Crippen molar-refractivity contribution in [3.8, 4) is 0 Å². The van der Waals surface area contributed by atoms with Crippen LogP contribution in [-0.4, -0.2) is 18.1 Å². The van der Waals surface area contributed by atoms with Gasteiger partial charge in [-0.3, -0.25) is 4.98 Å². The Balaban J connectivity index is 2.72. The predicted octanol–water partition coefficient (Wildman–Crippen LogP) is 3.28. The maximum atomic E-state index is 11.4. The van der Waals surface area contributed by atoms with Crippen molar-refractivity contribution in [1.29, 1.82) is 0 Å². The third-order valence-electron chi connectivity index (χ3n) is 2.17. The summed E-state index contributed by atoms with van der Waals surface area (Å²) < 4.78 is 5.67. The number of hydrogen-bond acceptors (Lipinski definition) is 3. The second-order valence-corrected chi connectivity index (χ2v) is 4.76. The lowest BCUT2D eigenvalue weighted by molar-refractivity contribution is 0.0600. The first-order valence-corrected chi connectivity index (χ1v) is 5.91. The fourth-order valence-electron chi connectivity index (χ4n) is 1.38. The summed E-state index contributed by atoms with van der Waals surface area (Å²) in [6, 6.07) is 5.69. The third-order valence-corrected chi connectivity index (χ3v) is 3.25. The minimum absolute atomic E-state index is 0.290. The van der Waals surface area contributed by atoms with Gasteiger partial charge in [0.1, 0.15) is 0 Å². The zero-order chi connectivity index (χ0) is 11.7. The van der Waals surface area contributed by atoms with Gasteiger partial charge in [-0.15, -0.1) is 0 Å². The van der Waals surface area contributed by atoms with Crippen molar-refractivity contribution in [3.63, 3.8) is 0 Å². The topological polar surface area (TPSA) is 39.2 Å². The van der Waals surface area contributed by atoms with Crippen molar-refractivity contribution in [2.24, 2.45) is 0 Å². The molecule has 0 saturated heterocycles. The van der Waals surface area contributed by atoms with Crippen LogP contribution in [0.2, 0.25) is 5.02 Å². The Morgan fingerprint density at radius 1 is 1.50 bits per heavy atom. The van der Waals surface area contributed by atoms with Crippen molar-refractivity contribution >= 4 is 51.1 Å². The zero-order valence-electron chi connectivity index (χ0n) is 8.33. The van der Waals surface area contributed by atoms with Gasteiger partial charge in [0, 0.05) is 15.2 Å². The lowest BCUT2D eigenvalue weighted by Crippen LogP contribution is -2.03. The summed E-state index contributed by atoms with van der Waals surface area (Å²) in [7, 11) is 1.32. The molecule has 82 valence electrons. The number of aromatic nitrogens is 1. The zero-order valence-corrected chi connectivity index (χ0v) is 11.2. The Hall–Kier alpha value is -0.880. The molecule has 0 bridgehead atoms. The van der Waals surface area contributed by atoms with E-state index in [1.54, 1.807) is 0 Å². The fourth-order valence-corrected chi connectivity index (χ4v) is 2.15. The highest BCUT2D eigenvalue weighted by molar-refractivity contribution is 14.1. The van der Waals surface area contributed by atoms with Gasteiger partial charge in [0.25, 0.3) is 0 Å². The van der Waals surface area contributed by atoms with E-state index in [1.165, 1.54) is 13.3 Å². The van der Waals surface area contributed by atoms with Crippen LogP contribution in [0.1, 0.15) is 10.4 Å². The number of pyridine rings is 1. The minimum Gasteiger partial charge on any atom is -0.465 e. The first kappa shape index (κ1) is 11.6. The average molecular weight is 348 g/mol. The second-order valence-electron chi connectivity index (χ2n) is 3.14. The van der Waals surface area contributed by atoms with Crippen molar-refractivity contribution in [3.05, 3.63) is 38.6 Å². The van der Waals surface area contributed by atoms with E-state index in [1.807, 2.05) is 18.2 Å². The number of methoxy groups -OCH3 is 1. The summed E-state index contributed by atoms with van der Waals surface area (Å²) in [5.74, 6) is -0.474. The van der Waals surface area contributed by atoms with Gasteiger partial charge in [0.05, 0.1) is 23.2 Å². The van der Waals surface area contributed by atoms with Crippen molar-refractivity contribution in [1.82, 2.24) is 4.98 Å². The van der Waals surface area contributed by atoms with Crippen molar-refractivity contribution in [2.75, 3.05) is 7.11 Å². The lowest BCUT2D eigenvalue weighted by atomic mass is 10.1. The van der Waals surface area contributed by atoms with Crippen LogP contribution in [0.25, 0.3) is 10.9 Å². The Morgan fingerprint density at radius 2 is 2.25 bits per heavy atom. The van der Waals surface area contributed by atoms with E-state index in [2.05, 4.69) is 32.3 Å². The molecule has 0 aliphatic heterocycles. The molecular formula is C11H7ClINO2. The maximum Gasteiger partial charge on any atom is 0.340 e. The van der Waals surface area contributed by atoms with Crippen molar-refractivity contribution in [2.45, 2.75) is 0 Å². The van der Waals surface area contributed by atoms with Gasteiger partial charge < -0.3 is 4.74 Å². The molecule has 3 nitrogen and oxygen atoms in total. The van der Waals surface area contributed by atoms with Gasteiger partial charge in [-0.1, -0.05) is 11.6 Å². The molecule has 2 aromatic rings. The number of carbonyl (C=O) groups is 1. The maximum absolute atomic E-state index is 11.4. The number of fused-ring (bicyclic) bond motifs is 1. The first-order chi connectivity index (χ1) is 7.63. The molecule has 0 saturated carbocycles. The highest BCUT2D eigenvalue weighted by Crippen LogP contribution is 2.27.